The Bertz CT molecular complexity index is 433. The van der Waals surface area contributed by atoms with Crippen LogP contribution in [0.2, 0.25) is 0 Å². The van der Waals surface area contributed by atoms with E-state index in [1.54, 1.807) is 12.1 Å². The van der Waals surface area contributed by atoms with E-state index >= 15 is 0 Å². The number of rotatable bonds is 6. The molecular formula is C12H18ClNO2S. The zero-order valence-electron chi connectivity index (χ0n) is 10.1. The average Bonchev–Trinajstić information content (AvgIpc) is 2.27. The molecule has 1 rings (SSSR count). The Kier molecular flexibility index (Phi) is 5.43. The molecule has 0 amide bonds. The van der Waals surface area contributed by atoms with Gasteiger partial charge in [0, 0.05) is 11.9 Å². The molecule has 0 aliphatic heterocycles. The van der Waals surface area contributed by atoms with Crippen molar-refractivity contribution in [1.82, 2.24) is 4.72 Å². The first kappa shape index (κ1) is 14.5. The zero-order chi connectivity index (χ0) is 12.9. The van der Waals surface area contributed by atoms with Crippen molar-refractivity contribution in [2.75, 3.05) is 5.88 Å². The van der Waals surface area contributed by atoms with Crippen molar-refractivity contribution in [2.45, 2.75) is 25.6 Å². The smallest absolute Gasteiger partial charge is 0.212 e. The van der Waals surface area contributed by atoms with Gasteiger partial charge < -0.3 is 0 Å². The Morgan fingerprint density at radius 1 is 1.24 bits per heavy atom. The molecule has 2 atom stereocenters. The second-order valence-corrected chi connectivity index (χ2v) is 6.35. The SMILES string of the molecule is CC(CCl)C(C)NS(=O)(=O)Cc1ccccc1. The van der Waals surface area contributed by atoms with Crippen molar-refractivity contribution in [1.29, 1.82) is 0 Å². The molecule has 5 heteroatoms. The first-order valence-electron chi connectivity index (χ1n) is 5.54. The van der Waals surface area contributed by atoms with Gasteiger partial charge in [-0.15, -0.1) is 11.6 Å². The minimum Gasteiger partial charge on any atom is -0.212 e. The average molecular weight is 276 g/mol. The number of halogens is 1. The fraction of sp³-hybridized carbons (Fsp3) is 0.500. The fourth-order valence-corrected chi connectivity index (χ4v) is 3.15. The quantitative estimate of drug-likeness (QED) is 0.810. The molecular weight excluding hydrogens is 258 g/mol. The van der Waals surface area contributed by atoms with Gasteiger partial charge in [-0.05, 0) is 18.4 Å². The van der Waals surface area contributed by atoms with Crippen LogP contribution >= 0.6 is 11.6 Å². The van der Waals surface area contributed by atoms with Crippen LogP contribution in [0, 0.1) is 5.92 Å². The predicted molar refractivity (Wildman–Crippen MR) is 71.5 cm³/mol. The van der Waals surface area contributed by atoms with E-state index in [4.69, 9.17) is 11.6 Å². The third-order valence-corrected chi connectivity index (χ3v) is 4.59. The Morgan fingerprint density at radius 2 is 1.82 bits per heavy atom. The lowest BCUT2D eigenvalue weighted by molar-refractivity contribution is 0.480. The summed E-state index contributed by atoms with van der Waals surface area (Å²) in [7, 11) is -3.30. The van der Waals surface area contributed by atoms with E-state index in [0.717, 1.165) is 5.56 Å². The molecule has 0 heterocycles. The lowest BCUT2D eigenvalue weighted by atomic mass is 10.1. The first-order valence-corrected chi connectivity index (χ1v) is 7.73. The van der Waals surface area contributed by atoms with Gasteiger partial charge in [-0.2, -0.15) is 0 Å². The molecule has 0 saturated heterocycles. The number of nitrogens with one attached hydrogen (secondary N) is 1. The summed E-state index contributed by atoms with van der Waals surface area (Å²) in [6.45, 7) is 3.75. The largest absolute Gasteiger partial charge is 0.216 e. The lowest BCUT2D eigenvalue weighted by Gasteiger charge is -2.19. The molecule has 0 aromatic heterocycles. The number of benzene rings is 1. The molecule has 2 unspecified atom stereocenters. The molecule has 0 fully saturated rings. The van der Waals surface area contributed by atoms with Crippen LogP contribution in [0.4, 0.5) is 0 Å². The Labute approximate surface area is 108 Å². The molecule has 17 heavy (non-hydrogen) atoms. The van der Waals surface area contributed by atoms with E-state index in [1.807, 2.05) is 32.0 Å². The van der Waals surface area contributed by atoms with Crippen molar-refractivity contribution in [2.24, 2.45) is 5.92 Å². The van der Waals surface area contributed by atoms with Gasteiger partial charge in [-0.1, -0.05) is 37.3 Å². The summed E-state index contributed by atoms with van der Waals surface area (Å²) in [5.41, 5.74) is 0.783. The van der Waals surface area contributed by atoms with Crippen LogP contribution in [0.1, 0.15) is 19.4 Å². The van der Waals surface area contributed by atoms with Crippen molar-refractivity contribution in [3.05, 3.63) is 35.9 Å². The second-order valence-electron chi connectivity index (χ2n) is 4.28. The highest BCUT2D eigenvalue weighted by molar-refractivity contribution is 7.88. The van der Waals surface area contributed by atoms with E-state index in [1.165, 1.54) is 0 Å². The Balaban J connectivity index is 2.64. The summed E-state index contributed by atoms with van der Waals surface area (Å²) in [6.07, 6.45) is 0. The molecule has 1 aromatic carbocycles. The van der Waals surface area contributed by atoms with Crippen molar-refractivity contribution < 1.29 is 8.42 Å². The maximum atomic E-state index is 11.9. The van der Waals surface area contributed by atoms with E-state index in [0.29, 0.717) is 5.88 Å². The maximum absolute atomic E-state index is 11.9. The highest BCUT2D eigenvalue weighted by Gasteiger charge is 2.18. The van der Waals surface area contributed by atoms with Crippen LogP contribution in [-0.4, -0.2) is 20.3 Å². The van der Waals surface area contributed by atoms with Gasteiger partial charge in [0.25, 0.3) is 0 Å². The monoisotopic (exact) mass is 275 g/mol. The van der Waals surface area contributed by atoms with E-state index < -0.39 is 10.0 Å². The zero-order valence-corrected chi connectivity index (χ0v) is 11.6. The van der Waals surface area contributed by atoms with Crippen molar-refractivity contribution in [3.8, 4) is 0 Å². The number of hydrogen-bond acceptors (Lipinski definition) is 2. The van der Waals surface area contributed by atoms with Gasteiger partial charge >= 0.3 is 0 Å². The van der Waals surface area contributed by atoms with Gasteiger partial charge in [0.15, 0.2) is 0 Å². The van der Waals surface area contributed by atoms with Crippen LogP contribution in [0.25, 0.3) is 0 Å². The highest BCUT2D eigenvalue weighted by Crippen LogP contribution is 2.09. The molecule has 0 aliphatic carbocycles. The van der Waals surface area contributed by atoms with Crippen LogP contribution in [0.5, 0.6) is 0 Å². The summed E-state index contributed by atoms with van der Waals surface area (Å²) >= 11 is 5.70. The highest BCUT2D eigenvalue weighted by atomic mass is 35.5. The molecule has 0 spiro atoms. The number of hydrogen-bond donors (Lipinski definition) is 1. The van der Waals surface area contributed by atoms with Crippen LogP contribution in [0.15, 0.2) is 30.3 Å². The number of alkyl halides is 1. The van der Waals surface area contributed by atoms with Gasteiger partial charge in [0.2, 0.25) is 10.0 Å². The molecule has 1 aromatic rings. The van der Waals surface area contributed by atoms with Crippen LogP contribution in [0.3, 0.4) is 0 Å². The summed E-state index contributed by atoms with van der Waals surface area (Å²) in [5, 5.41) is 0. The topological polar surface area (TPSA) is 46.2 Å². The minimum atomic E-state index is -3.30. The van der Waals surface area contributed by atoms with Crippen molar-refractivity contribution >= 4 is 21.6 Å². The minimum absolute atomic E-state index is 0.00713. The van der Waals surface area contributed by atoms with Crippen molar-refractivity contribution in [3.63, 3.8) is 0 Å². The van der Waals surface area contributed by atoms with Crippen LogP contribution in [-0.2, 0) is 15.8 Å². The third-order valence-electron chi connectivity index (χ3n) is 2.66. The van der Waals surface area contributed by atoms with E-state index in [9.17, 15) is 8.42 Å². The summed E-state index contributed by atoms with van der Waals surface area (Å²) in [4.78, 5) is 0. The molecule has 3 nitrogen and oxygen atoms in total. The second kappa shape index (κ2) is 6.38. The standard InChI is InChI=1S/C12H18ClNO2S/c1-10(8-13)11(2)14-17(15,16)9-12-6-4-3-5-7-12/h3-7,10-11,14H,8-9H2,1-2H3. The summed E-state index contributed by atoms with van der Waals surface area (Å²) in [5.74, 6) is 0.560. The Morgan fingerprint density at radius 3 is 2.35 bits per heavy atom. The van der Waals surface area contributed by atoms with Gasteiger partial charge in [0.05, 0.1) is 5.75 Å². The summed E-state index contributed by atoms with van der Waals surface area (Å²) < 4.78 is 26.4. The number of sulfonamides is 1. The normalized spacial score (nSPS) is 15.5. The predicted octanol–water partition coefficient (Wildman–Crippen LogP) is 2.37. The molecule has 0 radical (unpaired) electrons. The molecule has 96 valence electrons. The van der Waals surface area contributed by atoms with E-state index in [2.05, 4.69) is 4.72 Å². The van der Waals surface area contributed by atoms with Crippen LogP contribution < -0.4 is 4.72 Å². The van der Waals surface area contributed by atoms with E-state index in [-0.39, 0.29) is 17.7 Å². The molecule has 0 bridgehead atoms. The van der Waals surface area contributed by atoms with Gasteiger partial charge in [-0.3, -0.25) is 0 Å². The van der Waals surface area contributed by atoms with Gasteiger partial charge in [-0.25, -0.2) is 13.1 Å². The lowest BCUT2D eigenvalue weighted by Crippen LogP contribution is -2.38. The molecule has 0 saturated carbocycles. The Hall–Kier alpha value is -0.580. The summed E-state index contributed by atoms with van der Waals surface area (Å²) in [6, 6.07) is 8.97. The van der Waals surface area contributed by atoms with Gasteiger partial charge in [0.1, 0.15) is 0 Å². The maximum Gasteiger partial charge on any atom is 0.216 e. The molecule has 0 aliphatic rings. The molecule has 1 N–H and O–H groups in total. The fourth-order valence-electron chi connectivity index (χ4n) is 1.37. The first-order chi connectivity index (χ1) is 7.94. The third kappa shape index (κ3) is 5.06.